The number of carboxylic acids is 1. The maximum Gasteiger partial charge on any atom is 0.335 e. The van der Waals surface area contributed by atoms with Crippen molar-refractivity contribution in [3.63, 3.8) is 0 Å². The van der Waals surface area contributed by atoms with Gasteiger partial charge in [0, 0.05) is 4.90 Å². The van der Waals surface area contributed by atoms with Crippen LogP contribution in [0, 0.1) is 0 Å². The van der Waals surface area contributed by atoms with E-state index in [4.69, 9.17) is 16.7 Å². The van der Waals surface area contributed by atoms with Gasteiger partial charge in [0.25, 0.3) is 0 Å². The van der Waals surface area contributed by atoms with E-state index in [-0.39, 0.29) is 0 Å². The van der Waals surface area contributed by atoms with Gasteiger partial charge in [0.1, 0.15) is 0 Å². The summed E-state index contributed by atoms with van der Waals surface area (Å²) < 4.78 is 10.00. The number of rotatable bonds is 3. The highest BCUT2D eigenvalue weighted by atomic mass is 35.5. The van der Waals surface area contributed by atoms with Gasteiger partial charge in [0.15, 0.2) is 0 Å². The molecule has 2 atom stereocenters. The fourth-order valence-electron chi connectivity index (χ4n) is 0.766. The fourth-order valence-corrected chi connectivity index (χ4v) is 1.92. The van der Waals surface area contributed by atoms with Crippen LogP contribution >= 0.6 is 11.6 Å². The molecule has 1 rings (SSSR count). The van der Waals surface area contributed by atoms with Gasteiger partial charge in [0.2, 0.25) is 4.71 Å². The Morgan fingerprint density at radius 1 is 1.38 bits per heavy atom. The molecule has 0 aliphatic carbocycles. The predicted molar refractivity (Wildman–Crippen MR) is 50.1 cm³/mol. The second-order valence-electron chi connectivity index (χ2n) is 2.26. The lowest BCUT2D eigenvalue weighted by Gasteiger charge is -2.03. The summed E-state index contributed by atoms with van der Waals surface area (Å²) in [5.74, 6) is -1.27. The smallest absolute Gasteiger partial charge is 0.335 e. The number of aliphatic carboxylic acids is 1. The van der Waals surface area contributed by atoms with Crippen molar-refractivity contribution in [2.45, 2.75) is 9.60 Å². The highest BCUT2D eigenvalue weighted by molar-refractivity contribution is 7.87. The molecule has 0 saturated heterocycles. The summed E-state index contributed by atoms with van der Waals surface area (Å²) >= 11 is 5.40. The lowest BCUT2D eigenvalue weighted by atomic mass is 10.4. The Kier molecular flexibility index (Phi) is 3.45. The van der Waals surface area contributed by atoms with Crippen LogP contribution in [-0.2, 0) is 15.6 Å². The highest BCUT2D eigenvalue weighted by Crippen LogP contribution is 2.13. The van der Waals surface area contributed by atoms with E-state index >= 15 is 0 Å². The first-order valence-corrected chi connectivity index (χ1v) is 5.10. The third-order valence-corrected chi connectivity index (χ3v) is 3.34. The topological polar surface area (TPSA) is 54.4 Å². The molecule has 13 heavy (non-hydrogen) atoms. The van der Waals surface area contributed by atoms with Crippen LogP contribution in [0.1, 0.15) is 0 Å². The number of benzene rings is 1. The van der Waals surface area contributed by atoms with Crippen LogP contribution < -0.4 is 0 Å². The van der Waals surface area contributed by atoms with Crippen molar-refractivity contribution in [3.05, 3.63) is 30.3 Å². The van der Waals surface area contributed by atoms with E-state index in [1.807, 2.05) is 0 Å². The normalized spacial score (nSPS) is 14.8. The van der Waals surface area contributed by atoms with Gasteiger partial charge in [-0.2, -0.15) is 0 Å². The summed E-state index contributed by atoms with van der Waals surface area (Å²) in [4.78, 5) is 10.8. The van der Waals surface area contributed by atoms with Crippen molar-refractivity contribution in [1.82, 2.24) is 0 Å². The van der Waals surface area contributed by atoms with Gasteiger partial charge in [-0.15, -0.1) is 0 Å². The predicted octanol–water partition coefficient (Wildman–Crippen LogP) is 1.44. The molecule has 0 aliphatic heterocycles. The van der Waals surface area contributed by atoms with E-state index in [0.717, 1.165) is 0 Å². The van der Waals surface area contributed by atoms with Gasteiger partial charge in [-0.3, -0.25) is 4.21 Å². The molecule has 1 N–H and O–H groups in total. The van der Waals surface area contributed by atoms with E-state index in [2.05, 4.69) is 0 Å². The second-order valence-corrected chi connectivity index (χ2v) is 4.50. The first-order chi connectivity index (χ1) is 6.13. The van der Waals surface area contributed by atoms with Crippen LogP contribution in [-0.4, -0.2) is 20.0 Å². The minimum atomic E-state index is -1.69. The maximum atomic E-state index is 11.4. The summed E-state index contributed by atoms with van der Waals surface area (Å²) in [6.45, 7) is 0. The number of carbonyl (C=O) groups is 1. The summed E-state index contributed by atoms with van der Waals surface area (Å²) in [5.41, 5.74) is 0. The maximum absolute atomic E-state index is 11.4. The van der Waals surface area contributed by atoms with Crippen molar-refractivity contribution >= 4 is 28.4 Å². The Hall–Kier alpha value is -0.870. The number of carboxylic acid groups (broad SMARTS) is 1. The SMILES string of the molecule is O=C(O)C(Cl)S(=O)c1ccccc1. The molecule has 0 aromatic heterocycles. The van der Waals surface area contributed by atoms with Gasteiger partial charge >= 0.3 is 5.97 Å². The summed E-state index contributed by atoms with van der Waals surface area (Å²) in [5, 5.41) is 8.49. The molecule has 1 aromatic rings. The van der Waals surface area contributed by atoms with Crippen molar-refractivity contribution < 1.29 is 14.1 Å². The van der Waals surface area contributed by atoms with Gasteiger partial charge < -0.3 is 5.11 Å². The molecule has 0 bridgehead atoms. The number of halogens is 1. The van der Waals surface area contributed by atoms with Crippen molar-refractivity contribution in [2.24, 2.45) is 0 Å². The Morgan fingerprint density at radius 2 is 1.92 bits per heavy atom. The van der Waals surface area contributed by atoms with Crippen LogP contribution in [0.15, 0.2) is 35.2 Å². The third kappa shape index (κ3) is 2.54. The number of hydrogen-bond donors (Lipinski definition) is 1. The van der Waals surface area contributed by atoms with Crippen molar-refractivity contribution in [2.75, 3.05) is 0 Å². The zero-order chi connectivity index (χ0) is 9.84. The second kappa shape index (κ2) is 4.39. The monoisotopic (exact) mass is 218 g/mol. The first kappa shape index (κ1) is 10.2. The molecule has 0 fully saturated rings. The van der Waals surface area contributed by atoms with E-state index in [9.17, 15) is 9.00 Å². The number of hydrogen-bond acceptors (Lipinski definition) is 2. The lowest BCUT2D eigenvalue weighted by molar-refractivity contribution is -0.134. The molecule has 5 heteroatoms. The summed E-state index contributed by atoms with van der Waals surface area (Å²) in [6.07, 6.45) is 0. The van der Waals surface area contributed by atoms with Crippen molar-refractivity contribution in [1.29, 1.82) is 0 Å². The average Bonchev–Trinajstić information content (AvgIpc) is 2.17. The lowest BCUT2D eigenvalue weighted by Crippen LogP contribution is -2.19. The van der Waals surface area contributed by atoms with E-state index in [0.29, 0.717) is 4.90 Å². The molecule has 70 valence electrons. The molecule has 0 spiro atoms. The number of alkyl halides is 1. The zero-order valence-electron chi connectivity index (χ0n) is 6.51. The molecular formula is C8H7ClO3S. The molecule has 0 amide bonds. The van der Waals surface area contributed by atoms with Crippen LogP contribution in [0.4, 0.5) is 0 Å². The Labute approximate surface area is 82.8 Å². The van der Waals surface area contributed by atoms with Crippen LogP contribution in [0.2, 0.25) is 0 Å². The highest BCUT2D eigenvalue weighted by Gasteiger charge is 2.22. The molecule has 0 radical (unpaired) electrons. The van der Waals surface area contributed by atoms with Gasteiger partial charge in [0.05, 0.1) is 10.8 Å². The van der Waals surface area contributed by atoms with Crippen LogP contribution in [0.3, 0.4) is 0 Å². The fraction of sp³-hybridized carbons (Fsp3) is 0.125. The van der Waals surface area contributed by atoms with Gasteiger partial charge in [-0.05, 0) is 12.1 Å². The Morgan fingerprint density at radius 3 is 2.38 bits per heavy atom. The molecule has 2 unspecified atom stereocenters. The molecule has 0 aliphatic rings. The average molecular weight is 219 g/mol. The Balaban J connectivity index is 2.86. The third-order valence-electron chi connectivity index (χ3n) is 1.36. The van der Waals surface area contributed by atoms with E-state index in [1.54, 1.807) is 30.3 Å². The van der Waals surface area contributed by atoms with Gasteiger partial charge in [-0.1, -0.05) is 29.8 Å². The quantitative estimate of drug-likeness (QED) is 0.782. The molecule has 0 heterocycles. The van der Waals surface area contributed by atoms with Crippen LogP contribution in [0.25, 0.3) is 0 Å². The molecular weight excluding hydrogens is 212 g/mol. The standard InChI is InChI=1S/C8H7ClO3S/c9-7(8(10)11)13(12)6-4-2-1-3-5-6/h1-5,7H,(H,10,11). The molecule has 0 saturated carbocycles. The Bertz CT molecular complexity index is 325. The van der Waals surface area contributed by atoms with Crippen molar-refractivity contribution in [3.8, 4) is 0 Å². The minimum Gasteiger partial charge on any atom is -0.479 e. The first-order valence-electron chi connectivity index (χ1n) is 3.45. The van der Waals surface area contributed by atoms with E-state index in [1.165, 1.54) is 0 Å². The minimum absolute atomic E-state index is 0.421. The van der Waals surface area contributed by atoms with Crippen LogP contribution in [0.5, 0.6) is 0 Å². The molecule has 1 aromatic carbocycles. The van der Waals surface area contributed by atoms with E-state index < -0.39 is 21.5 Å². The molecule has 3 nitrogen and oxygen atoms in total. The summed E-state index contributed by atoms with van der Waals surface area (Å²) in [7, 11) is -1.69. The largest absolute Gasteiger partial charge is 0.479 e. The zero-order valence-corrected chi connectivity index (χ0v) is 8.09. The van der Waals surface area contributed by atoms with Gasteiger partial charge in [-0.25, -0.2) is 4.79 Å². The summed E-state index contributed by atoms with van der Waals surface area (Å²) in [6, 6.07) is 8.27.